The molecule has 1 heterocycles. The first kappa shape index (κ1) is 25.2. The van der Waals surface area contributed by atoms with Crippen molar-refractivity contribution in [3.05, 3.63) is 102 Å². The average Bonchev–Trinajstić information content (AvgIpc) is 3.29. The van der Waals surface area contributed by atoms with E-state index in [-0.39, 0.29) is 11.1 Å². The molecule has 5 nitrogen and oxygen atoms in total. The fourth-order valence-corrected chi connectivity index (χ4v) is 5.08. The summed E-state index contributed by atoms with van der Waals surface area (Å²) >= 11 is 6.73. The number of hydrogen-bond donors (Lipinski definition) is 1. The Balaban J connectivity index is 1.68. The molecule has 0 bridgehead atoms. The molecule has 0 radical (unpaired) electrons. The molecule has 0 spiro atoms. The van der Waals surface area contributed by atoms with Gasteiger partial charge in [0.1, 0.15) is 11.4 Å². The molecule has 1 unspecified atom stereocenters. The summed E-state index contributed by atoms with van der Waals surface area (Å²) < 4.78 is 26.5. The van der Waals surface area contributed by atoms with E-state index in [0.717, 1.165) is 28.2 Å². The molecule has 35 heavy (non-hydrogen) atoms. The molecule has 182 valence electrons. The molecule has 0 aliphatic carbocycles. The second kappa shape index (κ2) is 9.97. The fourth-order valence-electron chi connectivity index (χ4n) is 3.87. The molecule has 4 rings (SSSR count). The zero-order valence-electron chi connectivity index (χ0n) is 20.0. The quantitative estimate of drug-likeness (QED) is 0.293. The van der Waals surface area contributed by atoms with Crippen LogP contribution >= 0.6 is 11.6 Å². The van der Waals surface area contributed by atoms with Crippen LogP contribution in [0, 0.1) is 0 Å². The van der Waals surface area contributed by atoms with E-state index in [4.69, 9.17) is 16.6 Å². The summed E-state index contributed by atoms with van der Waals surface area (Å²) in [5, 5.41) is 10.3. The Bertz CT molecular complexity index is 1410. The monoisotopic (exact) mass is 508 g/mol. The molecule has 1 atom stereocenters. The van der Waals surface area contributed by atoms with Gasteiger partial charge in [-0.2, -0.15) is 0 Å². The molecule has 0 fully saturated rings. The summed E-state index contributed by atoms with van der Waals surface area (Å²) in [4.78, 5) is 5.04. The number of rotatable bonds is 8. The molecule has 0 saturated heterocycles. The summed E-state index contributed by atoms with van der Waals surface area (Å²) in [6, 6.07) is 24.7. The highest BCUT2D eigenvalue weighted by Gasteiger charge is 2.24. The predicted octanol–water partition coefficient (Wildman–Crippen LogP) is 6.08. The van der Waals surface area contributed by atoms with E-state index in [9.17, 15) is 13.5 Å². The summed E-state index contributed by atoms with van der Waals surface area (Å²) in [5.74, 6) is 0.808. The maximum Gasteiger partial charge on any atom is 0.178 e. The molecule has 3 aromatic carbocycles. The molecule has 0 amide bonds. The summed E-state index contributed by atoms with van der Waals surface area (Å²) in [7, 11) is -3.28. The lowest BCUT2D eigenvalue weighted by atomic mass is 10.1. The van der Waals surface area contributed by atoms with Crippen LogP contribution in [0.4, 0.5) is 0 Å². The lowest BCUT2D eigenvalue weighted by Gasteiger charge is -2.13. The second-order valence-electron chi connectivity index (χ2n) is 9.03. The number of benzene rings is 3. The highest BCUT2D eigenvalue weighted by molar-refractivity contribution is 7.91. The molecular weight excluding hydrogens is 480 g/mol. The van der Waals surface area contributed by atoms with Crippen LogP contribution in [0.5, 0.6) is 0 Å². The Labute approximate surface area is 212 Å². The third-order valence-electron chi connectivity index (χ3n) is 5.98. The number of imidazole rings is 1. The first-order valence-electron chi connectivity index (χ1n) is 11.5. The minimum atomic E-state index is -3.28. The van der Waals surface area contributed by atoms with Crippen molar-refractivity contribution in [3.63, 3.8) is 0 Å². The van der Waals surface area contributed by atoms with Gasteiger partial charge in [-0.05, 0) is 54.8 Å². The van der Waals surface area contributed by atoms with E-state index < -0.39 is 15.4 Å². The van der Waals surface area contributed by atoms with Gasteiger partial charge in [-0.3, -0.25) is 0 Å². The number of alkyl halides is 1. The average molecular weight is 509 g/mol. The van der Waals surface area contributed by atoms with Crippen LogP contribution < -0.4 is 0 Å². The fraction of sp³-hybridized carbons (Fsp3) is 0.250. The van der Waals surface area contributed by atoms with E-state index in [1.165, 1.54) is 0 Å². The first-order valence-corrected chi connectivity index (χ1v) is 13.6. The molecular formula is C28H29ClN2O3S. The Morgan fingerprint density at radius 3 is 2.29 bits per heavy atom. The Kier molecular flexibility index (Phi) is 7.17. The standard InChI is InChI=1S/C28H29ClN2O3S/c1-4-35(33,34)24-12-8-11-22(17-24)20-13-15-23(16-14-20)31-19-26(28(2,3)32)30-27(31)18-25(29)21-9-6-5-7-10-21/h5-17,19,25,32H,4,18H2,1-3H3. The Morgan fingerprint density at radius 1 is 0.971 bits per heavy atom. The normalized spacial score (nSPS) is 13.1. The van der Waals surface area contributed by atoms with Crippen molar-refractivity contribution in [2.45, 2.75) is 43.1 Å². The molecule has 1 N–H and O–H groups in total. The van der Waals surface area contributed by atoms with Gasteiger partial charge in [-0.15, -0.1) is 11.6 Å². The first-order chi connectivity index (χ1) is 16.6. The van der Waals surface area contributed by atoms with Crippen LogP contribution in [0.2, 0.25) is 0 Å². The Morgan fingerprint density at radius 2 is 1.66 bits per heavy atom. The van der Waals surface area contributed by atoms with E-state index >= 15 is 0 Å². The lowest BCUT2D eigenvalue weighted by molar-refractivity contribution is 0.0741. The maximum absolute atomic E-state index is 12.3. The molecule has 1 aromatic heterocycles. The molecule has 0 aliphatic heterocycles. The molecule has 0 aliphatic rings. The van der Waals surface area contributed by atoms with E-state index in [2.05, 4.69) is 0 Å². The zero-order chi connectivity index (χ0) is 25.2. The predicted molar refractivity (Wildman–Crippen MR) is 141 cm³/mol. The number of sulfone groups is 1. The van der Waals surface area contributed by atoms with Crippen molar-refractivity contribution < 1.29 is 13.5 Å². The topological polar surface area (TPSA) is 72.2 Å². The van der Waals surface area contributed by atoms with Crippen LogP contribution in [0.3, 0.4) is 0 Å². The van der Waals surface area contributed by atoms with E-state index in [1.807, 2.05) is 71.4 Å². The van der Waals surface area contributed by atoms with E-state index in [0.29, 0.717) is 17.0 Å². The van der Waals surface area contributed by atoms with Gasteiger partial charge >= 0.3 is 0 Å². The van der Waals surface area contributed by atoms with Gasteiger partial charge in [0.05, 0.1) is 21.7 Å². The molecule has 0 saturated carbocycles. The zero-order valence-corrected chi connectivity index (χ0v) is 21.6. The van der Waals surface area contributed by atoms with Gasteiger partial charge in [-0.1, -0.05) is 61.5 Å². The van der Waals surface area contributed by atoms with Crippen molar-refractivity contribution in [1.82, 2.24) is 9.55 Å². The van der Waals surface area contributed by atoms with Gasteiger partial charge in [0.15, 0.2) is 9.84 Å². The highest BCUT2D eigenvalue weighted by atomic mass is 35.5. The summed E-state index contributed by atoms with van der Waals surface area (Å²) in [6.07, 6.45) is 2.33. The van der Waals surface area contributed by atoms with Crippen molar-refractivity contribution in [2.24, 2.45) is 0 Å². The smallest absolute Gasteiger partial charge is 0.178 e. The van der Waals surface area contributed by atoms with Crippen LogP contribution in [0.1, 0.15) is 43.2 Å². The van der Waals surface area contributed by atoms with Gasteiger partial charge < -0.3 is 9.67 Å². The van der Waals surface area contributed by atoms with Gasteiger partial charge in [0.25, 0.3) is 0 Å². The molecule has 4 aromatic rings. The number of aliphatic hydroxyl groups is 1. The second-order valence-corrected chi connectivity index (χ2v) is 11.8. The van der Waals surface area contributed by atoms with Gasteiger partial charge in [0.2, 0.25) is 0 Å². The third kappa shape index (κ3) is 5.67. The summed E-state index contributed by atoms with van der Waals surface area (Å²) in [5.41, 5.74) is 3.09. The van der Waals surface area contributed by atoms with Crippen LogP contribution in [-0.4, -0.2) is 28.8 Å². The maximum atomic E-state index is 12.3. The largest absolute Gasteiger partial charge is 0.384 e. The van der Waals surface area contributed by atoms with Crippen LogP contribution in [-0.2, 0) is 21.9 Å². The van der Waals surface area contributed by atoms with Crippen molar-refractivity contribution in [3.8, 4) is 16.8 Å². The Hall–Kier alpha value is -2.93. The lowest BCUT2D eigenvalue weighted by Crippen LogP contribution is -2.16. The van der Waals surface area contributed by atoms with Crippen LogP contribution in [0.15, 0.2) is 90.0 Å². The van der Waals surface area contributed by atoms with Gasteiger partial charge in [0, 0.05) is 18.3 Å². The number of hydrogen-bond acceptors (Lipinski definition) is 4. The minimum Gasteiger partial charge on any atom is -0.384 e. The highest BCUT2D eigenvalue weighted by Crippen LogP contribution is 2.30. The SMILES string of the molecule is CCS(=O)(=O)c1cccc(-c2ccc(-n3cc(C(C)(C)O)nc3CC(Cl)c3ccccc3)cc2)c1. The molecule has 7 heteroatoms. The number of halogens is 1. The number of nitrogens with zero attached hydrogens (tertiary/aromatic N) is 2. The minimum absolute atomic E-state index is 0.0624. The van der Waals surface area contributed by atoms with Crippen molar-refractivity contribution >= 4 is 21.4 Å². The third-order valence-corrected chi connectivity index (χ3v) is 8.12. The summed E-state index contributed by atoms with van der Waals surface area (Å²) in [6.45, 7) is 5.06. The van der Waals surface area contributed by atoms with Crippen molar-refractivity contribution in [2.75, 3.05) is 5.75 Å². The van der Waals surface area contributed by atoms with Gasteiger partial charge in [-0.25, -0.2) is 13.4 Å². The van der Waals surface area contributed by atoms with E-state index in [1.54, 1.807) is 39.0 Å². The van der Waals surface area contributed by atoms with Crippen LogP contribution in [0.25, 0.3) is 16.8 Å². The number of aromatic nitrogens is 2. The van der Waals surface area contributed by atoms with Crippen molar-refractivity contribution in [1.29, 1.82) is 0 Å².